The fourth-order valence-corrected chi connectivity index (χ4v) is 0.837. The highest BCUT2D eigenvalue weighted by Gasteiger charge is 2.07. The number of carbonyl (C=O) groups excluding carboxylic acids is 1. The number of carbonyl (C=O) groups is 1. The van der Waals surface area contributed by atoms with Crippen LogP contribution in [0.5, 0.6) is 0 Å². The molecule has 0 atom stereocenters. The van der Waals surface area contributed by atoms with Crippen LogP contribution >= 0.6 is 0 Å². The minimum atomic E-state index is -0.435. The number of methoxy groups -OCH3 is 1. The zero-order valence-corrected chi connectivity index (χ0v) is 7.69. The van der Waals surface area contributed by atoms with Gasteiger partial charge >= 0.3 is 5.97 Å². The van der Waals surface area contributed by atoms with Gasteiger partial charge in [-0.2, -0.15) is 0 Å². The summed E-state index contributed by atoms with van der Waals surface area (Å²) in [7, 11) is 1.32. The maximum Gasteiger partial charge on any atom is 0.358 e. The minimum Gasteiger partial charge on any atom is -0.464 e. The number of hydrogen-bond acceptors (Lipinski definition) is 4. The van der Waals surface area contributed by atoms with E-state index in [1.165, 1.54) is 13.4 Å². The van der Waals surface area contributed by atoms with Gasteiger partial charge in [0.15, 0.2) is 5.69 Å². The van der Waals surface area contributed by atoms with Gasteiger partial charge in [-0.25, -0.2) is 9.78 Å². The molecule has 5 nitrogen and oxygen atoms in total. The maximum atomic E-state index is 11.0. The molecule has 0 bridgehead atoms. The van der Waals surface area contributed by atoms with Gasteiger partial charge in [-0.1, -0.05) is 0 Å². The van der Waals surface area contributed by atoms with Crippen LogP contribution in [0.25, 0.3) is 0 Å². The molecule has 0 N–H and O–H groups in total. The van der Waals surface area contributed by atoms with Crippen molar-refractivity contribution in [1.82, 2.24) is 9.55 Å². The summed E-state index contributed by atoms with van der Waals surface area (Å²) in [6.45, 7) is 2.93. The maximum absolute atomic E-state index is 11.0. The van der Waals surface area contributed by atoms with Gasteiger partial charge in [0, 0.05) is 12.8 Å². The summed E-state index contributed by atoms with van der Waals surface area (Å²) in [4.78, 5) is 14.8. The van der Waals surface area contributed by atoms with E-state index in [1.807, 2.05) is 6.92 Å². The zero-order valence-electron chi connectivity index (χ0n) is 7.69. The van der Waals surface area contributed by atoms with Gasteiger partial charge in [0.25, 0.3) is 0 Å². The van der Waals surface area contributed by atoms with Gasteiger partial charge in [-0.15, -0.1) is 0 Å². The topological polar surface area (TPSA) is 53.4 Å². The summed E-state index contributed by atoms with van der Waals surface area (Å²) in [5.41, 5.74) is 0.294. The molecule has 72 valence electrons. The van der Waals surface area contributed by atoms with Crippen molar-refractivity contribution in [2.75, 3.05) is 13.7 Å². The second-order valence-electron chi connectivity index (χ2n) is 2.39. The number of hydrogen-bond donors (Lipinski definition) is 0. The van der Waals surface area contributed by atoms with E-state index in [9.17, 15) is 4.79 Å². The standard InChI is InChI=1S/C8H12N2O3/c1-3-13-6-10-4-7(9-5-10)8(11)12-2/h4-5H,3,6H2,1-2H3. The summed E-state index contributed by atoms with van der Waals surface area (Å²) in [6, 6.07) is 0. The molecule has 0 aliphatic carbocycles. The van der Waals surface area contributed by atoms with E-state index in [4.69, 9.17) is 4.74 Å². The van der Waals surface area contributed by atoms with E-state index in [0.717, 1.165) is 0 Å². The Morgan fingerprint density at radius 3 is 3.08 bits per heavy atom. The molecule has 0 aromatic carbocycles. The van der Waals surface area contributed by atoms with Crippen molar-refractivity contribution in [3.63, 3.8) is 0 Å². The smallest absolute Gasteiger partial charge is 0.358 e. The Morgan fingerprint density at radius 2 is 2.46 bits per heavy atom. The summed E-state index contributed by atoms with van der Waals surface area (Å²) in [5, 5.41) is 0. The molecule has 0 unspecified atom stereocenters. The average molecular weight is 184 g/mol. The fraction of sp³-hybridized carbons (Fsp3) is 0.500. The Balaban J connectivity index is 2.58. The Kier molecular flexibility index (Phi) is 3.45. The van der Waals surface area contributed by atoms with Crippen molar-refractivity contribution < 1.29 is 14.3 Å². The molecule has 1 aromatic heterocycles. The summed E-state index contributed by atoms with van der Waals surface area (Å²) < 4.78 is 11.3. The number of esters is 1. The van der Waals surface area contributed by atoms with Gasteiger partial charge in [-0.05, 0) is 6.92 Å². The van der Waals surface area contributed by atoms with Crippen LogP contribution in [-0.4, -0.2) is 29.2 Å². The van der Waals surface area contributed by atoms with Crippen LogP contribution in [0.15, 0.2) is 12.5 Å². The SMILES string of the molecule is CCOCn1cnc(C(=O)OC)c1. The second-order valence-corrected chi connectivity index (χ2v) is 2.39. The fourth-order valence-electron chi connectivity index (χ4n) is 0.837. The predicted molar refractivity (Wildman–Crippen MR) is 45.2 cm³/mol. The normalized spacial score (nSPS) is 10.0. The number of rotatable bonds is 4. The summed E-state index contributed by atoms with van der Waals surface area (Å²) >= 11 is 0. The highest BCUT2D eigenvalue weighted by Crippen LogP contribution is 1.98. The third-order valence-corrected chi connectivity index (χ3v) is 1.47. The van der Waals surface area contributed by atoms with Crippen molar-refractivity contribution in [2.24, 2.45) is 0 Å². The first-order valence-corrected chi connectivity index (χ1v) is 3.95. The van der Waals surface area contributed by atoms with Gasteiger partial charge < -0.3 is 14.0 Å². The first-order chi connectivity index (χ1) is 6.27. The van der Waals surface area contributed by atoms with Crippen molar-refractivity contribution in [3.05, 3.63) is 18.2 Å². The Hall–Kier alpha value is -1.36. The number of nitrogens with zero attached hydrogens (tertiary/aromatic N) is 2. The Morgan fingerprint density at radius 1 is 1.69 bits per heavy atom. The predicted octanol–water partition coefficient (Wildman–Crippen LogP) is 0.664. The Bertz CT molecular complexity index is 283. The minimum absolute atomic E-state index is 0.294. The van der Waals surface area contributed by atoms with Crippen molar-refractivity contribution in [3.8, 4) is 0 Å². The van der Waals surface area contributed by atoms with Crippen LogP contribution in [0.1, 0.15) is 17.4 Å². The molecular weight excluding hydrogens is 172 g/mol. The van der Waals surface area contributed by atoms with Crippen LogP contribution in [0.3, 0.4) is 0 Å². The molecule has 1 rings (SSSR count). The molecule has 0 aliphatic rings. The monoisotopic (exact) mass is 184 g/mol. The van der Waals surface area contributed by atoms with E-state index in [-0.39, 0.29) is 0 Å². The molecule has 1 heterocycles. The quantitative estimate of drug-likeness (QED) is 0.645. The molecule has 0 saturated carbocycles. The zero-order chi connectivity index (χ0) is 9.68. The van der Waals surface area contributed by atoms with Crippen LogP contribution < -0.4 is 0 Å². The van der Waals surface area contributed by atoms with E-state index >= 15 is 0 Å². The van der Waals surface area contributed by atoms with E-state index < -0.39 is 5.97 Å². The highest BCUT2D eigenvalue weighted by atomic mass is 16.5. The van der Waals surface area contributed by atoms with E-state index in [0.29, 0.717) is 19.0 Å². The molecular formula is C8H12N2O3. The van der Waals surface area contributed by atoms with Crippen LogP contribution in [0.2, 0.25) is 0 Å². The van der Waals surface area contributed by atoms with E-state index in [1.54, 1.807) is 10.8 Å². The first kappa shape index (κ1) is 9.73. The third-order valence-electron chi connectivity index (χ3n) is 1.47. The lowest BCUT2D eigenvalue weighted by Crippen LogP contribution is -2.02. The molecule has 0 aliphatic heterocycles. The molecule has 0 radical (unpaired) electrons. The van der Waals surface area contributed by atoms with Crippen LogP contribution in [-0.2, 0) is 16.2 Å². The van der Waals surface area contributed by atoms with Crippen molar-refractivity contribution in [1.29, 1.82) is 0 Å². The highest BCUT2D eigenvalue weighted by molar-refractivity contribution is 5.86. The van der Waals surface area contributed by atoms with Gasteiger partial charge in [-0.3, -0.25) is 0 Å². The second kappa shape index (κ2) is 4.61. The average Bonchev–Trinajstić information content (AvgIpc) is 2.62. The van der Waals surface area contributed by atoms with Gasteiger partial charge in [0.1, 0.15) is 6.73 Å². The summed E-state index contributed by atoms with van der Waals surface area (Å²) in [6.07, 6.45) is 3.11. The molecule has 0 fully saturated rings. The van der Waals surface area contributed by atoms with Crippen LogP contribution in [0.4, 0.5) is 0 Å². The van der Waals surface area contributed by atoms with Crippen molar-refractivity contribution in [2.45, 2.75) is 13.7 Å². The molecule has 0 spiro atoms. The Labute approximate surface area is 76.3 Å². The molecule has 0 amide bonds. The third kappa shape index (κ3) is 2.55. The largest absolute Gasteiger partial charge is 0.464 e. The molecule has 1 aromatic rings. The van der Waals surface area contributed by atoms with E-state index in [2.05, 4.69) is 9.72 Å². The van der Waals surface area contributed by atoms with Crippen LogP contribution in [0, 0.1) is 0 Å². The number of imidazole rings is 1. The lowest BCUT2D eigenvalue weighted by atomic mass is 10.5. The lowest BCUT2D eigenvalue weighted by Gasteiger charge is -1.99. The van der Waals surface area contributed by atoms with Crippen molar-refractivity contribution >= 4 is 5.97 Å². The van der Waals surface area contributed by atoms with Gasteiger partial charge in [0.2, 0.25) is 0 Å². The molecule has 5 heteroatoms. The summed E-state index contributed by atoms with van der Waals surface area (Å²) in [5.74, 6) is -0.435. The molecule has 0 saturated heterocycles. The molecule has 13 heavy (non-hydrogen) atoms. The number of aromatic nitrogens is 2. The lowest BCUT2D eigenvalue weighted by molar-refractivity contribution is 0.0593. The number of ether oxygens (including phenoxy) is 2. The van der Waals surface area contributed by atoms with Gasteiger partial charge in [0.05, 0.1) is 13.4 Å². The first-order valence-electron chi connectivity index (χ1n) is 3.95.